The summed E-state index contributed by atoms with van der Waals surface area (Å²) in [6.07, 6.45) is 6.27. The first-order valence-electron chi connectivity index (χ1n) is 8.86. The second kappa shape index (κ2) is 7.47. The van der Waals surface area contributed by atoms with Gasteiger partial charge in [0, 0.05) is 12.7 Å². The van der Waals surface area contributed by atoms with Crippen LogP contribution in [0.4, 0.5) is 0 Å². The SMILES string of the molecule is O=C(COc1ncnc2ccccc12)N1CCCC[C@@H]1c1ccccn1. The molecule has 1 fully saturated rings. The summed E-state index contributed by atoms with van der Waals surface area (Å²) in [6.45, 7) is 0.693. The Bertz CT molecular complexity index is 895. The number of carbonyl (C=O) groups excluding carboxylic acids is 1. The summed E-state index contributed by atoms with van der Waals surface area (Å²) in [5, 5.41) is 0.808. The van der Waals surface area contributed by atoms with E-state index in [1.165, 1.54) is 6.33 Å². The average molecular weight is 348 g/mol. The number of rotatable bonds is 4. The molecular weight excluding hydrogens is 328 g/mol. The highest BCUT2D eigenvalue weighted by Gasteiger charge is 2.29. The number of amides is 1. The maximum Gasteiger partial charge on any atom is 0.261 e. The van der Waals surface area contributed by atoms with Gasteiger partial charge >= 0.3 is 0 Å². The molecule has 0 radical (unpaired) electrons. The molecule has 6 nitrogen and oxygen atoms in total. The fourth-order valence-corrected chi connectivity index (χ4v) is 3.42. The van der Waals surface area contributed by atoms with E-state index in [1.807, 2.05) is 47.4 Å². The molecule has 6 heteroatoms. The van der Waals surface area contributed by atoms with Gasteiger partial charge in [-0.25, -0.2) is 9.97 Å². The van der Waals surface area contributed by atoms with Crippen LogP contribution in [0, 0.1) is 0 Å². The van der Waals surface area contributed by atoms with Gasteiger partial charge in [0.25, 0.3) is 5.91 Å². The summed E-state index contributed by atoms with van der Waals surface area (Å²) in [7, 11) is 0. The first kappa shape index (κ1) is 16.4. The molecule has 1 aliphatic heterocycles. The normalized spacial score (nSPS) is 17.2. The number of nitrogens with zero attached hydrogens (tertiary/aromatic N) is 4. The molecule has 26 heavy (non-hydrogen) atoms. The summed E-state index contributed by atoms with van der Waals surface area (Å²) in [5.41, 5.74) is 1.74. The smallest absolute Gasteiger partial charge is 0.261 e. The second-order valence-electron chi connectivity index (χ2n) is 6.34. The Morgan fingerprint density at radius 1 is 1.08 bits per heavy atom. The van der Waals surface area contributed by atoms with E-state index in [9.17, 15) is 4.79 Å². The highest BCUT2D eigenvalue weighted by molar-refractivity contribution is 5.84. The Hall–Kier alpha value is -3.02. The van der Waals surface area contributed by atoms with Crippen LogP contribution in [0.25, 0.3) is 10.9 Å². The highest BCUT2D eigenvalue weighted by atomic mass is 16.5. The molecule has 0 saturated carbocycles. The Labute approximate surface area is 151 Å². The molecule has 3 aromatic rings. The van der Waals surface area contributed by atoms with E-state index in [1.54, 1.807) is 6.20 Å². The third-order valence-electron chi connectivity index (χ3n) is 4.69. The van der Waals surface area contributed by atoms with Gasteiger partial charge in [-0.3, -0.25) is 9.78 Å². The third kappa shape index (κ3) is 3.35. The Balaban J connectivity index is 1.50. The minimum Gasteiger partial charge on any atom is -0.467 e. The molecule has 0 unspecified atom stereocenters. The molecular formula is C20H20N4O2. The summed E-state index contributed by atoms with van der Waals surface area (Å²) < 4.78 is 5.76. The van der Waals surface area contributed by atoms with E-state index in [2.05, 4.69) is 15.0 Å². The van der Waals surface area contributed by atoms with Crippen LogP contribution in [-0.2, 0) is 4.79 Å². The summed E-state index contributed by atoms with van der Waals surface area (Å²) in [4.78, 5) is 27.5. The van der Waals surface area contributed by atoms with E-state index >= 15 is 0 Å². The van der Waals surface area contributed by atoms with Crippen molar-refractivity contribution in [1.29, 1.82) is 0 Å². The fourth-order valence-electron chi connectivity index (χ4n) is 3.42. The predicted octanol–water partition coefficient (Wildman–Crippen LogP) is 3.16. The molecule has 1 saturated heterocycles. The first-order valence-corrected chi connectivity index (χ1v) is 8.86. The lowest BCUT2D eigenvalue weighted by molar-refractivity contribution is -0.137. The van der Waals surface area contributed by atoms with Crippen LogP contribution in [0.3, 0.4) is 0 Å². The highest BCUT2D eigenvalue weighted by Crippen LogP contribution is 2.30. The van der Waals surface area contributed by atoms with Gasteiger partial charge in [0.1, 0.15) is 6.33 Å². The standard InChI is InChI=1S/C20H20N4O2/c25-19(13-26-20-15-7-1-2-8-16(15)22-14-23-20)24-12-6-4-10-18(24)17-9-3-5-11-21-17/h1-3,5,7-9,11,14,18H,4,6,10,12-13H2/t18-/m1/s1. The largest absolute Gasteiger partial charge is 0.467 e. The van der Waals surface area contributed by atoms with E-state index in [4.69, 9.17) is 4.74 Å². The van der Waals surface area contributed by atoms with E-state index in [-0.39, 0.29) is 18.6 Å². The van der Waals surface area contributed by atoms with Crippen LogP contribution < -0.4 is 4.74 Å². The third-order valence-corrected chi connectivity index (χ3v) is 4.69. The van der Waals surface area contributed by atoms with Gasteiger partial charge < -0.3 is 9.64 Å². The average Bonchev–Trinajstić information content (AvgIpc) is 2.72. The number of hydrogen-bond acceptors (Lipinski definition) is 5. The van der Waals surface area contributed by atoms with Crippen molar-refractivity contribution >= 4 is 16.8 Å². The van der Waals surface area contributed by atoms with Gasteiger partial charge in [0.05, 0.1) is 22.6 Å². The van der Waals surface area contributed by atoms with Gasteiger partial charge in [0.15, 0.2) is 6.61 Å². The maximum atomic E-state index is 12.8. The molecule has 0 aliphatic carbocycles. The lowest BCUT2D eigenvalue weighted by Crippen LogP contribution is -2.41. The number of hydrogen-bond donors (Lipinski definition) is 0. The van der Waals surface area contributed by atoms with E-state index in [0.717, 1.165) is 42.4 Å². The number of piperidine rings is 1. The zero-order chi connectivity index (χ0) is 17.8. The van der Waals surface area contributed by atoms with Crippen LogP contribution >= 0.6 is 0 Å². The molecule has 2 aromatic heterocycles. The lowest BCUT2D eigenvalue weighted by Gasteiger charge is -2.35. The monoisotopic (exact) mass is 348 g/mol. The van der Waals surface area contributed by atoms with E-state index in [0.29, 0.717) is 5.88 Å². The lowest BCUT2D eigenvalue weighted by atomic mass is 9.99. The minimum absolute atomic E-state index is 0.0168. The quantitative estimate of drug-likeness (QED) is 0.724. The van der Waals surface area contributed by atoms with E-state index < -0.39 is 0 Å². The van der Waals surface area contributed by atoms with Gasteiger partial charge in [-0.15, -0.1) is 0 Å². The molecule has 1 atom stereocenters. The molecule has 0 bridgehead atoms. The van der Waals surface area contributed by atoms with Crippen molar-refractivity contribution in [2.45, 2.75) is 25.3 Å². The minimum atomic E-state index is -0.0388. The summed E-state index contributed by atoms with van der Waals surface area (Å²) in [6, 6.07) is 13.5. The first-order chi connectivity index (χ1) is 12.8. The number of carbonyl (C=O) groups is 1. The van der Waals surface area contributed by atoms with Crippen molar-refractivity contribution in [2.24, 2.45) is 0 Å². The van der Waals surface area contributed by atoms with Crippen molar-refractivity contribution in [1.82, 2.24) is 19.9 Å². The van der Waals surface area contributed by atoms with Crippen molar-refractivity contribution in [3.8, 4) is 5.88 Å². The van der Waals surface area contributed by atoms with Crippen molar-refractivity contribution in [3.05, 3.63) is 60.7 Å². The number of fused-ring (bicyclic) bond motifs is 1. The van der Waals surface area contributed by atoms with Crippen LogP contribution in [-0.4, -0.2) is 38.9 Å². The van der Waals surface area contributed by atoms with Crippen LogP contribution in [0.5, 0.6) is 5.88 Å². The van der Waals surface area contributed by atoms with Crippen molar-refractivity contribution in [3.63, 3.8) is 0 Å². The predicted molar refractivity (Wildman–Crippen MR) is 97.6 cm³/mol. The van der Waals surface area contributed by atoms with Crippen molar-refractivity contribution < 1.29 is 9.53 Å². The number of aromatic nitrogens is 3. The van der Waals surface area contributed by atoms with Gasteiger partial charge in [-0.2, -0.15) is 0 Å². The van der Waals surface area contributed by atoms with Crippen molar-refractivity contribution in [2.75, 3.05) is 13.2 Å². The second-order valence-corrected chi connectivity index (χ2v) is 6.34. The van der Waals surface area contributed by atoms with Gasteiger partial charge in [0.2, 0.25) is 5.88 Å². The number of para-hydroxylation sites is 1. The molecule has 0 N–H and O–H groups in total. The molecule has 1 aromatic carbocycles. The molecule has 132 valence electrons. The summed E-state index contributed by atoms with van der Waals surface area (Å²) in [5.74, 6) is 0.401. The van der Waals surface area contributed by atoms with Crippen LogP contribution in [0.2, 0.25) is 0 Å². The Morgan fingerprint density at radius 3 is 2.85 bits per heavy atom. The summed E-state index contributed by atoms with van der Waals surface area (Å²) >= 11 is 0. The number of likely N-dealkylation sites (tertiary alicyclic amines) is 1. The topological polar surface area (TPSA) is 68.2 Å². The van der Waals surface area contributed by atoms with Gasteiger partial charge in [-0.05, 0) is 43.5 Å². The Morgan fingerprint density at radius 2 is 1.96 bits per heavy atom. The zero-order valence-electron chi connectivity index (χ0n) is 14.4. The van der Waals surface area contributed by atoms with Crippen LogP contribution in [0.1, 0.15) is 31.0 Å². The Kier molecular flexibility index (Phi) is 4.73. The molecule has 1 amide bonds. The molecule has 0 spiro atoms. The fraction of sp³-hybridized carbons (Fsp3) is 0.300. The zero-order valence-corrected chi connectivity index (χ0v) is 14.4. The molecule has 1 aliphatic rings. The molecule has 3 heterocycles. The maximum absolute atomic E-state index is 12.8. The number of benzene rings is 1. The number of ether oxygens (including phenoxy) is 1. The molecule has 4 rings (SSSR count). The van der Waals surface area contributed by atoms with Crippen LogP contribution in [0.15, 0.2) is 55.0 Å². The number of pyridine rings is 1. The van der Waals surface area contributed by atoms with Gasteiger partial charge in [-0.1, -0.05) is 18.2 Å².